The van der Waals surface area contributed by atoms with E-state index in [4.69, 9.17) is 19.6 Å². The number of benzene rings is 5. The van der Waals surface area contributed by atoms with Gasteiger partial charge in [0.1, 0.15) is 29.7 Å². The largest absolute Gasteiger partial charge is 0.489 e. The zero-order valence-electron chi connectivity index (χ0n) is 29.6. The number of nitrogens with zero attached hydrogens (tertiary/aromatic N) is 4. The van der Waals surface area contributed by atoms with Crippen LogP contribution in [0, 0.1) is 13.8 Å². The van der Waals surface area contributed by atoms with Gasteiger partial charge in [0, 0.05) is 40.9 Å². The lowest BCUT2D eigenvalue weighted by Crippen LogP contribution is -2.12. The highest BCUT2D eigenvalue weighted by molar-refractivity contribution is 6.09. The Balaban J connectivity index is 1.07. The fourth-order valence-electron chi connectivity index (χ4n) is 6.89. The summed E-state index contributed by atoms with van der Waals surface area (Å²) in [5, 5.41) is 7.08. The summed E-state index contributed by atoms with van der Waals surface area (Å²) in [6.07, 6.45) is 5.90. The first-order valence-corrected chi connectivity index (χ1v) is 17.3. The molecule has 3 heterocycles. The predicted octanol–water partition coefficient (Wildman–Crippen LogP) is 11.3. The normalized spacial score (nSPS) is 11.7. The van der Waals surface area contributed by atoms with Crippen LogP contribution in [0.3, 0.4) is 0 Å². The minimum Gasteiger partial charge on any atom is -0.489 e. The van der Waals surface area contributed by atoms with Gasteiger partial charge in [0.2, 0.25) is 0 Å². The number of aromatic nitrogens is 4. The third-order valence-electron chi connectivity index (χ3n) is 9.43. The summed E-state index contributed by atoms with van der Waals surface area (Å²) in [6, 6.07) is 41.5. The Morgan fingerprint density at radius 3 is 2.22 bits per heavy atom. The van der Waals surface area contributed by atoms with E-state index in [-0.39, 0.29) is 5.41 Å². The van der Waals surface area contributed by atoms with Crippen molar-refractivity contribution in [2.45, 2.75) is 46.6 Å². The molecule has 0 aliphatic heterocycles. The molecule has 0 fully saturated rings. The smallest absolute Gasteiger partial charge is 0.137 e. The maximum absolute atomic E-state index is 6.52. The highest BCUT2D eigenvalue weighted by Gasteiger charge is 2.18. The van der Waals surface area contributed by atoms with Gasteiger partial charge in [-0.3, -0.25) is 4.57 Å². The molecule has 0 atom stereocenters. The van der Waals surface area contributed by atoms with Crippen molar-refractivity contribution >= 4 is 21.8 Å². The SMILES string of the molecule is Cc1cc(OCc2ccccc2)cc(C)c1-c1cnn(-c2cccc(Oc3ccc4c5ccccc5n(-c5cc(C(C)(C)C)ccn5)c4c3)c2)c1. The molecule has 0 aliphatic rings. The summed E-state index contributed by atoms with van der Waals surface area (Å²) in [6.45, 7) is 11.5. The van der Waals surface area contributed by atoms with Crippen LogP contribution in [0.2, 0.25) is 0 Å². The molecule has 3 aromatic heterocycles. The van der Waals surface area contributed by atoms with Gasteiger partial charge in [-0.1, -0.05) is 75.4 Å². The standard InChI is InChI=1S/C45H40N4O2/c1-30-22-38(50-29-32-12-7-6-8-13-32)23-31(2)44(30)33-27-47-48(28-33)35-14-11-15-36(25-35)51-37-18-19-40-39-16-9-10-17-41(39)49(42(40)26-37)43-24-34(20-21-46-43)45(3,4)5/h6-28H,29H2,1-5H3. The average molecular weight is 669 g/mol. The highest BCUT2D eigenvalue weighted by Crippen LogP contribution is 2.36. The van der Waals surface area contributed by atoms with E-state index >= 15 is 0 Å². The molecule has 6 nitrogen and oxygen atoms in total. The molecule has 0 N–H and O–H groups in total. The Morgan fingerprint density at radius 1 is 0.667 bits per heavy atom. The van der Waals surface area contributed by atoms with E-state index in [1.165, 1.54) is 10.9 Å². The summed E-state index contributed by atoms with van der Waals surface area (Å²) in [4.78, 5) is 4.82. The van der Waals surface area contributed by atoms with E-state index in [0.29, 0.717) is 6.61 Å². The van der Waals surface area contributed by atoms with Crippen molar-refractivity contribution in [2.24, 2.45) is 0 Å². The summed E-state index contributed by atoms with van der Waals surface area (Å²) < 4.78 is 16.8. The third kappa shape index (κ3) is 6.37. The van der Waals surface area contributed by atoms with E-state index in [1.54, 1.807) is 0 Å². The molecule has 0 saturated heterocycles. The molecule has 0 bridgehead atoms. The van der Waals surface area contributed by atoms with E-state index in [2.05, 4.69) is 118 Å². The first-order chi connectivity index (χ1) is 24.7. The average Bonchev–Trinajstić information content (AvgIpc) is 3.74. The first kappa shape index (κ1) is 32.1. The van der Waals surface area contributed by atoms with Gasteiger partial charge in [-0.25, -0.2) is 9.67 Å². The summed E-state index contributed by atoms with van der Waals surface area (Å²) in [7, 11) is 0. The summed E-state index contributed by atoms with van der Waals surface area (Å²) in [5.41, 5.74) is 9.94. The zero-order valence-corrected chi connectivity index (χ0v) is 29.6. The summed E-state index contributed by atoms with van der Waals surface area (Å²) in [5.74, 6) is 3.23. The second-order valence-electron chi connectivity index (χ2n) is 14.2. The molecule has 252 valence electrons. The second kappa shape index (κ2) is 13.0. The van der Waals surface area contributed by atoms with E-state index in [9.17, 15) is 0 Å². The Hall–Kier alpha value is -6.14. The third-order valence-corrected chi connectivity index (χ3v) is 9.43. The molecule has 8 aromatic rings. The zero-order chi connectivity index (χ0) is 35.1. The van der Waals surface area contributed by atoms with Crippen molar-refractivity contribution in [1.29, 1.82) is 0 Å². The van der Waals surface area contributed by atoms with Crippen LogP contribution < -0.4 is 9.47 Å². The topological polar surface area (TPSA) is 54.1 Å². The Morgan fingerprint density at radius 2 is 1.41 bits per heavy atom. The van der Waals surface area contributed by atoms with Crippen LogP contribution in [0.25, 0.3) is 44.4 Å². The molecule has 0 aliphatic carbocycles. The lowest BCUT2D eigenvalue weighted by molar-refractivity contribution is 0.306. The maximum atomic E-state index is 6.52. The van der Waals surface area contributed by atoms with Crippen molar-refractivity contribution in [2.75, 3.05) is 0 Å². The lowest BCUT2D eigenvalue weighted by atomic mass is 9.88. The lowest BCUT2D eigenvalue weighted by Gasteiger charge is -2.20. The highest BCUT2D eigenvalue weighted by atomic mass is 16.5. The number of pyridine rings is 1. The number of hydrogen-bond acceptors (Lipinski definition) is 4. The van der Waals surface area contributed by atoms with Gasteiger partial charge in [-0.2, -0.15) is 5.10 Å². The van der Waals surface area contributed by atoms with Gasteiger partial charge < -0.3 is 9.47 Å². The molecule has 0 unspecified atom stereocenters. The number of fused-ring (bicyclic) bond motifs is 3. The fraction of sp³-hybridized carbons (Fsp3) is 0.156. The second-order valence-corrected chi connectivity index (χ2v) is 14.2. The minimum atomic E-state index is 0.00492. The van der Waals surface area contributed by atoms with Crippen molar-refractivity contribution in [3.63, 3.8) is 0 Å². The van der Waals surface area contributed by atoms with Crippen molar-refractivity contribution < 1.29 is 9.47 Å². The van der Waals surface area contributed by atoms with Crippen LogP contribution in [-0.2, 0) is 12.0 Å². The van der Waals surface area contributed by atoms with Crippen molar-refractivity contribution in [1.82, 2.24) is 19.3 Å². The molecule has 0 spiro atoms. The molecule has 6 heteroatoms. The van der Waals surface area contributed by atoms with Crippen LogP contribution in [0.5, 0.6) is 17.2 Å². The monoisotopic (exact) mass is 668 g/mol. The number of ether oxygens (including phenoxy) is 2. The first-order valence-electron chi connectivity index (χ1n) is 17.3. The van der Waals surface area contributed by atoms with Crippen LogP contribution in [0.15, 0.2) is 140 Å². The number of para-hydroxylation sites is 1. The van der Waals surface area contributed by atoms with Crippen LogP contribution in [0.1, 0.15) is 43.0 Å². The van der Waals surface area contributed by atoms with Crippen LogP contribution in [-0.4, -0.2) is 19.3 Å². The fourth-order valence-corrected chi connectivity index (χ4v) is 6.89. The number of aryl methyl sites for hydroxylation is 2. The molecule has 51 heavy (non-hydrogen) atoms. The Kier molecular flexibility index (Phi) is 8.15. The van der Waals surface area contributed by atoms with Gasteiger partial charge in [-0.05, 0) is 102 Å². The molecule has 5 aromatic carbocycles. The van der Waals surface area contributed by atoms with Gasteiger partial charge in [0.15, 0.2) is 0 Å². The molecular formula is C45H40N4O2. The maximum Gasteiger partial charge on any atom is 0.137 e. The van der Waals surface area contributed by atoms with Crippen LogP contribution >= 0.6 is 0 Å². The molecule has 0 amide bonds. The summed E-state index contributed by atoms with van der Waals surface area (Å²) >= 11 is 0. The van der Waals surface area contributed by atoms with Crippen molar-refractivity contribution in [3.05, 3.63) is 162 Å². The Labute approximate surface area is 298 Å². The van der Waals surface area contributed by atoms with Gasteiger partial charge in [0.25, 0.3) is 0 Å². The van der Waals surface area contributed by atoms with E-state index in [1.807, 2.05) is 65.6 Å². The Bertz CT molecular complexity index is 2500. The molecule has 8 rings (SSSR count). The predicted molar refractivity (Wildman–Crippen MR) is 207 cm³/mol. The van der Waals surface area contributed by atoms with Crippen molar-refractivity contribution in [3.8, 4) is 39.9 Å². The molecule has 0 radical (unpaired) electrons. The van der Waals surface area contributed by atoms with Gasteiger partial charge in [-0.15, -0.1) is 0 Å². The van der Waals surface area contributed by atoms with Crippen LogP contribution in [0.4, 0.5) is 0 Å². The number of hydrogen-bond donors (Lipinski definition) is 0. The van der Waals surface area contributed by atoms with E-state index < -0.39 is 0 Å². The molecule has 0 saturated carbocycles. The van der Waals surface area contributed by atoms with Gasteiger partial charge >= 0.3 is 0 Å². The quantitative estimate of drug-likeness (QED) is 0.162. The molecular weight excluding hydrogens is 629 g/mol. The van der Waals surface area contributed by atoms with Gasteiger partial charge in [0.05, 0.1) is 22.9 Å². The van der Waals surface area contributed by atoms with E-state index in [0.717, 1.165) is 73.0 Å². The minimum absolute atomic E-state index is 0.00492. The number of rotatable bonds is 8.